The van der Waals surface area contributed by atoms with Gasteiger partial charge in [-0.15, -0.1) is 0 Å². The molecule has 4 atom stereocenters. The molecule has 19 heavy (non-hydrogen) atoms. The van der Waals surface area contributed by atoms with E-state index >= 15 is 0 Å². The number of fused-ring (bicyclic) bond motifs is 1. The number of nitrogen functional groups attached to an aromatic ring is 1. The van der Waals surface area contributed by atoms with E-state index in [4.69, 9.17) is 15.6 Å². The molecule has 2 aliphatic heterocycles. The minimum Gasteiger partial charge on any atom is -0.394 e. The Morgan fingerprint density at radius 1 is 1.58 bits per heavy atom. The van der Waals surface area contributed by atoms with Crippen molar-refractivity contribution in [3.63, 3.8) is 0 Å². The highest BCUT2D eigenvalue weighted by atomic mass is 19.1. The summed E-state index contributed by atoms with van der Waals surface area (Å²) in [6.45, 7) is 0.0914. The van der Waals surface area contributed by atoms with Crippen LogP contribution in [0.3, 0.4) is 0 Å². The number of aliphatic hydroxyl groups excluding tert-OH is 2. The van der Waals surface area contributed by atoms with E-state index in [0.717, 1.165) is 5.56 Å². The first kappa shape index (κ1) is 12.5. The van der Waals surface area contributed by atoms with Gasteiger partial charge in [-0.05, 0) is 6.42 Å². The van der Waals surface area contributed by atoms with E-state index < -0.39 is 31.2 Å². The molecule has 4 N–H and O–H groups in total. The average Bonchev–Trinajstić information content (AvgIpc) is 2.92. The van der Waals surface area contributed by atoms with Crippen LogP contribution in [0.15, 0.2) is 6.20 Å². The van der Waals surface area contributed by atoms with Crippen LogP contribution in [0.5, 0.6) is 0 Å². The molecule has 3 heterocycles. The molecule has 8 heteroatoms. The van der Waals surface area contributed by atoms with E-state index in [0.29, 0.717) is 18.8 Å². The van der Waals surface area contributed by atoms with Gasteiger partial charge in [0.25, 0.3) is 0 Å². The molecule has 0 bridgehead atoms. The van der Waals surface area contributed by atoms with Crippen LogP contribution in [0, 0.1) is 0 Å². The van der Waals surface area contributed by atoms with Crippen molar-refractivity contribution in [2.24, 2.45) is 0 Å². The molecule has 1 aromatic heterocycles. The highest BCUT2D eigenvalue weighted by molar-refractivity contribution is 5.54. The molecule has 1 saturated heterocycles. The number of aliphatic hydroxyl groups is 2. The van der Waals surface area contributed by atoms with Gasteiger partial charge in [0.2, 0.25) is 5.95 Å². The third-order valence-electron chi connectivity index (χ3n) is 3.54. The molecule has 0 aliphatic carbocycles. The molecule has 1 aromatic rings. The van der Waals surface area contributed by atoms with Crippen molar-refractivity contribution < 1.29 is 19.3 Å². The molecule has 0 spiro atoms. The van der Waals surface area contributed by atoms with Crippen molar-refractivity contribution in [2.75, 3.05) is 23.8 Å². The maximum absolute atomic E-state index is 14.1. The lowest BCUT2D eigenvalue weighted by molar-refractivity contribution is -0.0220. The van der Waals surface area contributed by atoms with E-state index in [9.17, 15) is 9.50 Å². The maximum Gasteiger partial charge on any atom is 0.221 e. The van der Waals surface area contributed by atoms with Gasteiger partial charge in [-0.3, -0.25) is 0 Å². The number of nitrogens with two attached hydrogens (primary N) is 1. The Labute approximate surface area is 108 Å². The number of alkyl halides is 1. The second-order valence-corrected chi connectivity index (χ2v) is 4.70. The molecular formula is C11H15FN4O3. The number of aromatic nitrogens is 2. The van der Waals surface area contributed by atoms with Crippen molar-refractivity contribution in [1.82, 2.24) is 9.97 Å². The maximum atomic E-state index is 14.1. The van der Waals surface area contributed by atoms with E-state index in [1.54, 1.807) is 11.1 Å². The summed E-state index contributed by atoms with van der Waals surface area (Å²) in [4.78, 5) is 9.61. The number of anilines is 2. The highest BCUT2D eigenvalue weighted by Gasteiger charge is 2.48. The van der Waals surface area contributed by atoms with Gasteiger partial charge in [0.1, 0.15) is 18.0 Å². The number of ether oxygens (including phenoxy) is 1. The van der Waals surface area contributed by atoms with E-state index in [1.165, 1.54) is 0 Å². The van der Waals surface area contributed by atoms with Gasteiger partial charge in [-0.2, -0.15) is 4.98 Å². The summed E-state index contributed by atoms with van der Waals surface area (Å²) < 4.78 is 19.4. The minimum atomic E-state index is -1.60. The van der Waals surface area contributed by atoms with Gasteiger partial charge in [0, 0.05) is 18.3 Å². The second-order valence-electron chi connectivity index (χ2n) is 4.70. The Bertz CT molecular complexity index is 489. The predicted molar refractivity (Wildman–Crippen MR) is 64.1 cm³/mol. The van der Waals surface area contributed by atoms with Crippen LogP contribution in [0.1, 0.15) is 5.56 Å². The fourth-order valence-electron chi connectivity index (χ4n) is 2.54. The van der Waals surface area contributed by atoms with Gasteiger partial charge in [0.15, 0.2) is 12.4 Å². The van der Waals surface area contributed by atoms with Gasteiger partial charge in [-0.25, -0.2) is 9.37 Å². The lowest BCUT2D eigenvalue weighted by Gasteiger charge is -2.26. The SMILES string of the molecule is Nc1ncc2c(n1)N([C@@H]1O[C@H](CO)[C@@H](O)[C@@H]1F)CC2. The molecule has 1 fully saturated rings. The summed E-state index contributed by atoms with van der Waals surface area (Å²) in [5.74, 6) is 0.643. The molecule has 3 rings (SSSR count). The molecule has 2 aliphatic rings. The lowest BCUT2D eigenvalue weighted by Crippen LogP contribution is -2.41. The van der Waals surface area contributed by atoms with Crippen LogP contribution in [0.4, 0.5) is 16.2 Å². The molecule has 7 nitrogen and oxygen atoms in total. The Morgan fingerprint density at radius 3 is 3.05 bits per heavy atom. The van der Waals surface area contributed by atoms with Crippen LogP contribution in [0.25, 0.3) is 0 Å². The lowest BCUT2D eigenvalue weighted by atomic mass is 10.1. The van der Waals surface area contributed by atoms with Crippen LogP contribution in [0.2, 0.25) is 0 Å². The third-order valence-corrected chi connectivity index (χ3v) is 3.54. The summed E-state index contributed by atoms with van der Waals surface area (Å²) in [5, 5.41) is 18.7. The van der Waals surface area contributed by atoms with E-state index in [1.807, 2.05) is 0 Å². The van der Waals surface area contributed by atoms with Crippen molar-refractivity contribution in [3.8, 4) is 0 Å². The average molecular weight is 270 g/mol. The van der Waals surface area contributed by atoms with E-state index in [2.05, 4.69) is 9.97 Å². The smallest absolute Gasteiger partial charge is 0.221 e. The zero-order valence-electron chi connectivity index (χ0n) is 10.1. The number of rotatable bonds is 2. The Hall–Kier alpha value is -1.51. The Balaban J connectivity index is 1.88. The number of hydrogen-bond acceptors (Lipinski definition) is 7. The summed E-state index contributed by atoms with van der Waals surface area (Å²) in [6.07, 6.45) is -2.52. The normalized spacial score (nSPS) is 33.7. The largest absolute Gasteiger partial charge is 0.394 e. The first-order valence-corrected chi connectivity index (χ1v) is 6.08. The zero-order valence-corrected chi connectivity index (χ0v) is 10.1. The van der Waals surface area contributed by atoms with Crippen molar-refractivity contribution in [2.45, 2.75) is 31.0 Å². The summed E-state index contributed by atoms with van der Waals surface area (Å²) >= 11 is 0. The Morgan fingerprint density at radius 2 is 2.37 bits per heavy atom. The van der Waals surface area contributed by atoms with Crippen molar-refractivity contribution in [3.05, 3.63) is 11.8 Å². The van der Waals surface area contributed by atoms with E-state index in [-0.39, 0.29) is 5.95 Å². The molecule has 0 radical (unpaired) electrons. The van der Waals surface area contributed by atoms with Crippen LogP contribution in [-0.4, -0.2) is 57.9 Å². The van der Waals surface area contributed by atoms with Crippen LogP contribution in [-0.2, 0) is 11.2 Å². The molecule has 0 amide bonds. The second kappa shape index (κ2) is 4.55. The molecule has 0 saturated carbocycles. The first-order valence-electron chi connectivity index (χ1n) is 6.08. The van der Waals surface area contributed by atoms with Gasteiger partial charge >= 0.3 is 0 Å². The van der Waals surface area contributed by atoms with Gasteiger partial charge in [-0.1, -0.05) is 0 Å². The molecular weight excluding hydrogens is 255 g/mol. The number of nitrogens with zero attached hydrogens (tertiary/aromatic N) is 3. The number of halogens is 1. The predicted octanol–water partition coefficient (Wildman–Crippen LogP) is -1.16. The van der Waals surface area contributed by atoms with Crippen molar-refractivity contribution >= 4 is 11.8 Å². The van der Waals surface area contributed by atoms with Gasteiger partial charge in [0.05, 0.1) is 6.61 Å². The van der Waals surface area contributed by atoms with Crippen molar-refractivity contribution in [1.29, 1.82) is 0 Å². The quantitative estimate of drug-likeness (QED) is 0.622. The summed E-state index contributed by atoms with van der Waals surface area (Å²) in [5.41, 5.74) is 6.40. The Kier molecular flexibility index (Phi) is 3.00. The third kappa shape index (κ3) is 1.92. The first-order chi connectivity index (χ1) is 9.11. The topological polar surface area (TPSA) is 105 Å². The molecule has 0 unspecified atom stereocenters. The summed E-state index contributed by atoms with van der Waals surface area (Å²) in [7, 11) is 0. The van der Waals surface area contributed by atoms with Crippen LogP contribution < -0.4 is 10.6 Å². The molecule has 104 valence electrons. The van der Waals surface area contributed by atoms with Crippen LogP contribution >= 0.6 is 0 Å². The highest BCUT2D eigenvalue weighted by Crippen LogP contribution is 2.34. The fourth-order valence-corrected chi connectivity index (χ4v) is 2.54. The standard InChI is InChI=1S/C11H15FN4O3/c12-7-8(18)6(4-17)19-10(7)16-2-1-5-3-14-11(13)15-9(5)16/h3,6-8,10,17-18H,1-2,4H2,(H2,13,14,15)/t6-,7+,8-,10-/m1/s1. The minimum absolute atomic E-state index is 0.110. The summed E-state index contributed by atoms with van der Waals surface area (Å²) in [6, 6.07) is 0. The fraction of sp³-hybridized carbons (Fsp3) is 0.636. The monoisotopic (exact) mass is 270 g/mol. The number of hydrogen-bond donors (Lipinski definition) is 3. The van der Waals surface area contributed by atoms with Gasteiger partial charge < -0.3 is 25.6 Å². The molecule has 0 aromatic carbocycles. The zero-order chi connectivity index (χ0) is 13.6.